The van der Waals surface area contributed by atoms with Gasteiger partial charge in [0.1, 0.15) is 4.34 Å². The van der Waals surface area contributed by atoms with Crippen LogP contribution in [0.5, 0.6) is 0 Å². The maximum atomic E-state index is 9.55. The van der Waals surface area contributed by atoms with Gasteiger partial charge in [-0.1, -0.05) is 25.6 Å². The molecule has 104 valence electrons. The monoisotopic (exact) mass is 288 g/mol. The molecule has 0 aromatic carbocycles. The third-order valence-electron chi connectivity index (χ3n) is 2.79. The molecule has 1 aromatic rings. The van der Waals surface area contributed by atoms with Crippen molar-refractivity contribution in [3.63, 3.8) is 0 Å². The van der Waals surface area contributed by atoms with E-state index in [4.69, 9.17) is 0 Å². The Balaban J connectivity index is 2.48. The van der Waals surface area contributed by atoms with Gasteiger partial charge in [0.05, 0.1) is 6.61 Å². The molecule has 0 aliphatic heterocycles. The van der Waals surface area contributed by atoms with Gasteiger partial charge in [0.25, 0.3) is 0 Å². The Kier molecular flexibility index (Phi) is 6.63. The predicted octanol–water partition coefficient (Wildman–Crippen LogP) is 3.07. The van der Waals surface area contributed by atoms with Crippen LogP contribution in [0.25, 0.3) is 0 Å². The standard InChI is InChI=1S/C13H24N2OS2/c1-5-6-14-13(4,9-16)7-11(3)18-12-15-10(2)8-17-12/h8,11,14,16H,5-7,9H2,1-4H3. The molecule has 0 spiro atoms. The molecule has 1 aromatic heterocycles. The first kappa shape index (κ1) is 16.0. The summed E-state index contributed by atoms with van der Waals surface area (Å²) in [5.74, 6) is 0. The first-order valence-corrected chi connectivity index (χ1v) is 8.19. The molecule has 1 rings (SSSR count). The number of aryl methyl sites for hydroxylation is 1. The first-order valence-electron chi connectivity index (χ1n) is 6.44. The molecule has 0 amide bonds. The molecule has 0 aliphatic rings. The van der Waals surface area contributed by atoms with Gasteiger partial charge < -0.3 is 10.4 Å². The van der Waals surface area contributed by atoms with E-state index in [9.17, 15) is 5.11 Å². The van der Waals surface area contributed by atoms with Crippen LogP contribution in [-0.2, 0) is 0 Å². The zero-order chi connectivity index (χ0) is 13.6. The molecular weight excluding hydrogens is 264 g/mol. The van der Waals surface area contributed by atoms with E-state index in [1.54, 1.807) is 23.1 Å². The SMILES string of the molecule is CCCNC(C)(CO)CC(C)Sc1nc(C)cs1. The Morgan fingerprint density at radius 2 is 2.33 bits per heavy atom. The van der Waals surface area contributed by atoms with Gasteiger partial charge in [0, 0.05) is 21.9 Å². The van der Waals surface area contributed by atoms with E-state index in [1.807, 2.05) is 6.92 Å². The number of nitrogens with zero attached hydrogens (tertiary/aromatic N) is 1. The van der Waals surface area contributed by atoms with E-state index < -0.39 is 0 Å². The van der Waals surface area contributed by atoms with Gasteiger partial charge in [-0.2, -0.15) is 0 Å². The maximum Gasteiger partial charge on any atom is 0.150 e. The van der Waals surface area contributed by atoms with Crippen LogP contribution < -0.4 is 5.32 Å². The van der Waals surface area contributed by atoms with Crippen molar-refractivity contribution in [1.29, 1.82) is 0 Å². The molecule has 0 aliphatic carbocycles. The molecule has 2 atom stereocenters. The normalized spacial score (nSPS) is 16.5. The Hall–Kier alpha value is -0.100. The van der Waals surface area contributed by atoms with E-state index in [0.717, 1.165) is 29.4 Å². The number of thiazole rings is 1. The minimum Gasteiger partial charge on any atom is -0.394 e. The summed E-state index contributed by atoms with van der Waals surface area (Å²) >= 11 is 3.49. The summed E-state index contributed by atoms with van der Waals surface area (Å²) in [6.45, 7) is 9.57. The second-order valence-corrected chi connectivity index (χ2v) is 7.58. The Morgan fingerprint density at radius 1 is 1.61 bits per heavy atom. The number of nitrogens with one attached hydrogen (secondary N) is 1. The molecule has 0 radical (unpaired) electrons. The maximum absolute atomic E-state index is 9.55. The van der Waals surface area contributed by atoms with Gasteiger partial charge in [-0.3, -0.25) is 0 Å². The molecule has 2 unspecified atom stereocenters. The number of rotatable bonds is 8. The largest absolute Gasteiger partial charge is 0.394 e. The van der Waals surface area contributed by atoms with Crippen molar-refractivity contribution in [1.82, 2.24) is 10.3 Å². The van der Waals surface area contributed by atoms with E-state index in [2.05, 4.69) is 36.5 Å². The van der Waals surface area contributed by atoms with Crippen molar-refractivity contribution in [2.45, 2.75) is 55.7 Å². The summed E-state index contributed by atoms with van der Waals surface area (Å²) in [5, 5.41) is 15.5. The van der Waals surface area contributed by atoms with Gasteiger partial charge in [-0.15, -0.1) is 11.3 Å². The summed E-state index contributed by atoms with van der Waals surface area (Å²) < 4.78 is 1.12. The molecule has 0 saturated carbocycles. The van der Waals surface area contributed by atoms with Crippen LogP contribution in [0, 0.1) is 6.92 Å². The average Bonchev–Trinajstić information content (AvgIpc) is 2.72. The second-order valence-electron chi connectivity index (χ2n) is 5.03. The van der Waals surface area contributed by atoms with E-state index in [0.29, 0.717) is 5.25 Å². The zero-order valence-corrected chi connectivity index (χ0v) is 13.3. The van der Waals surface area contributed by atoms with Crippen molar-refractivity contribution in [2.24, 2.45) is 0 Å². The molecule has 3 nitrogen and oxygen atoms in total. The molecule has 2 N–H and O–H groups in total. The quantitative estimate of drug-likeness (QED) is 0.722. The smallest absolute Gasteiger partial charge is 0.150 e. The Labute approximate surface area is 118 Å². The topological polar surface area (TPSA) is 45.1 Å². The third-order valence-corrected chi connectivity index (χ3v) is 4.98. The molecule has 0 saturated heterocycles. The molecule has 0 fully saturated rings. The summed E-state index contributed by atoms with van der Waals surface area (Å²) in [6, 6.07) is 0. The van der Waals surface area contributed by atoms with Crippen LogP contribution in [0.2, 0.25) is 0 Å². The van der Waals surface area contributed by atoms with Crippen molar-refractivity contribution in [2.75, 3.05) is 13.2 Å². The minimum atomic E-state index is -0.186. The number of aliphatic hydroxyl groups excluding tert-OH is 1. The van der Waals surface area contributed by atoms with Gasteiger partial charge in [-0.05, 0) is 33.2 Å². The highest BCUT2D eigenvalue weighted by Crippen LogP contribution is 2.30. The summed E-state index contributed by atoms with van der Waals surface area (Å²) in [5.41, 5.74) is 0.901. The second kappa shape index (κ2) is 7.48. The van der Waals surface area contributed by atoms with E-state index in [1.165, 1.54) is 0 Å². The average molecular weight is 288 g/mol. The zero-order valence-electron chi connectivity index (χ0n) is 11.7. The fraction of sp³-hybridized carbons (Fsp3) is 0.769. The van der Waals surface area contributed by atoms with Crippen molar-refractivity contribution in [3.8, 4) is 0 Å². The van der Waals surface area contributed by atoms with Crippen molar-refractivity contribution in [3.05, 3.63) is 11.1 Å². The molecule has 5 heteroatoms. The number of thioether (sulfide) groups is 1. The van der Waals surface area contributed by atoms with E-state index >= 15 is 0 Å². The summed E-state index contributed by atoms with van der Waals surface area (Å²) in [4.78, 5) is 4.47. The van der Waals surface area contributed by atoms with Crippen LogP contribution in [0.15, 0.2) is 9.72 Å². The molecule has 1 heterocycles. The van der Waals surface area contributed by atoms with Crippen LogP contribution in [0.4, 0.5) is 0 Å². The summed E-state index contributed by atoms with van der Waals surface area (Å²) in [7, 11) is 0. The minimum absolute atomic E-state index is 0.175. The number of hydrogen-bond acceptors (Lipinski definition) is 5. The summed E-state index contributed by atoms with van der Waals surface area (Å²) in [6.07, 6.45) is 2.02. The third kappa shape index (κ3) is 5.26. The first-order chi connectivity index (χ1) is 8.49. The number of hydrogen-bond donors (Lipinski definition) is 2. The highest BCUT2D eigenvalue weighted by molar-refractivity contribution is 8.01. The Morgan fingerprint density at radius 3 is 2.83 bits per heavy atom. The predicted molar refractivity (Wildman–Crippen MR) is 80.6 cm³/mol. The van der Waals surface area contributed by atoms with Gasteiger partial charge in [-0.25, -0.2) is 4.98 Å². The van der Waals surface area contributed by atoms with Crippen LogP contribution in [0.1, 0.15) is 39.3 Å². The highest BCUT2D eigenvalue weighted by atomic mass is 32.2. The number of aromatic nitrogens is 1. The van der Waals surface area contributed by atoms with Crippen LogP contribution >= 0.6 is 23.1 Å². The molecule has 0 bridgehead atoms. The van der Waals surface area contributed by atoms with Crippen LogP contribution in [-0.4, -0.2) is 34.0 Å². The lowest BCUT2D eigenvalue weighted by Crippen LogP contribution is -2.47. The van der Waals surface area contributed by atoms with Gasteiger partial charge >= 0.3 is 0 Å². The lowest BCUT2D eigenvalue weighted by Gasteiger charge is -2.31. The fourth-order valence-corrected chi connectivity index (χ4v) is 4.23. The highest BCUT2D eigenvalue weighted by Gasteiger charge is 2.25. The Bertz CT molecular complexity index is 357. The van der Waals surface area contributed by atoms with Gasteiger partial charge in [0.15, 0.2) is 0 Å². The molecule has 18 heavy (non-hydrogen) atoms. The lowest BCUT2D eigenvalue weighted by molar-refractivity contribution is 0.166. The van der Waals surface area contributed by atoms with Crippen molar-refractivity contribution < 1.29 is 5.11 Å². The van der Waals surface area contributed by atoms with Gasteiger partial charge in [0.2, 0.25) is 0 Å². The van der Waals surface area contributed by atoms with E-state index in [-0.39, 0.29) is 12.1 Å². The molecular formula is C13H24N2OS2. The lowest BCUT2D eigenvalue weighted by atomic mass is 9.97. The van der Waals surface area contributed by atoms with Crippen LogP contribution in [0.3, 0.4) is 0 Å². The fourth-order valence-electron chi connectivity index (χ4n) is 1.85. The number of aliphatic hydroxyl groups is 1. The van der Waals surface area contributed by atoms with Crippen molar-refractivity contribution >= 4 is 23.1 Å².